The zero-order chi connectivity index (χ0) is 17.5. The zero-order valence-corrected chi connectivity index (χ0v) is 12.6. The van der Waals surface area contributed by atoms with Crippen molar-refractivity contribution < 1.29 is 18.7 Å². The monoisotopic (exact) mass is 322 g/mol. The van der Waals surface area contributed by atoms with E-state index in [0.29, 0.717) is 5.56 Å². The van der Waals surface area contributed by atoms with Crippen molar-refractivity contribution in [3.63, 3.8) is 0 Å². The summed E-state index contributed by atoms with van der Waals surface area (Å²) < 4.78 is 23.5. The molecule has 0 aliphatic rings. The summed E-state index contributed by atoms with van der Waals surface area (Å²) in [6.45, 7) is 0. The van der Waals surface area contributed by atoms with Gasteiger partial charge >= 0.3 is 5.97 Å². The molecule has 0 fully saturated rings. The number of benzene rings is 2. The van der Waals surface area contributed by atoms with Crippen molar-refractivity contribution in [1.29, 1.82) is 10.5 Å². The van der Waals surface area contributed by atoms with Gasteiger partial charge in [0.1, 0.15) is 23.5 Å². The first-order valence-corrected chi connectivity index (χ1v) is 6.75. The number of nitriles is 2. The molecule has 0 aliphatic carbocycles. The first-order chi connectivity index (χ1) is 11.6. The van der Waals surface area contributed by atoms with Crippen LogP contribution >= 0.6 is 0 Å². The van der Waals surface area contributed by atoms with Crippen LogP contribution in [0, 0.1) is 28.5 Å². The Bertz CT molecular complexity index is 876. The van der Waals surface area contributed by atoms with E-state index in [0.717, 1.165) is 6.07 Å². The smallest absolute Gasteiger partial charge is 0.343 e. The van der Waals surface area contributed by atoms with E-state index in [1.54, 1.807) is 18.2 Å². The first-order valence-electron chi connectivity index (χ1n) is 6.75. The van der Waals surface area contributed by atoms with Crippen LogP contribution in [-0.2, 0) is 0 Å². The molecule has 0 aromatic heterocycles. The summed E-state index contributed by atoms with van der Waals surface area (Å²) in [6, 6.07) is 13.2. The molecule has 0 unspecified atom stereocenters. The molecule has 0 heterocycles. The molecule has 24 heavy (non-hydrogen) atoms. The van der Waals surface area contributed by atoms with E-state index in [2.05, 4.69) is 0 Å². The van der Waals surface area contributed by atoms with E-state index in [4.69, 9.17) is 20.0 Å². The molecule has 2 rings (SSSR count). The summed E-state index contributed by atoms with van der Waals surface area (Å²) in [6.07, 6.45) is 1.38. The van der Waals surface area contributed by atoms with Crippen LogP contribution in [0.1, 0.15) is 15.9 Å². The van der Waals surface area contributed by atoms with Crippen LogP contribution < -0.4 is 9.47 Å². The lowest BCUT2D eigenvalue weighted by Crippen LogP contribution is -2.09. The molecule has 0 N–H and O–H groups in total. The molecule has 5 nitrogen and oxygen atoms in total. The largest absolute Gasteiger partial charge is 0.493 e. The van der Waals surface area contributed by atoms with E-state index in [-0.39, 0.29) is 22.6 Å². The highest BCUT2D eigenvalue weighted by molar-refractivity contribution is 5.91. The maximum Gasteiger partial charge on any atom is 0.343 e. The van der Waals surface area contributed by atoms with Gasteiger partial charge in [-0.25, -0.2) is 9.18 Å². The van der Waals surface area contributed by atoms with Crippen molar-refractivity contribution in [2.45, 2.75) is 0 Å². The number of allylic oxidation sites excluding steroid dienone is 1. The maximum absolute atomic E-state index is 13.2. The molecule has 0 bridgehead atoms. The van der Waals surface area contributed by atoms with Crippen LogP contribution in [0.4, 0.5) is 4.39 Å². The Kier molecular flexibility index (Phi) is 5.28. The van der Waals surface area contributed by atoms with Gasteiger partial charge in [0.25, 0.3) is 0 Å². The molecule has 0 saturated heterocycles. The average Bonchev–Trinajstić information content (AvgIpc) is 2.60. The molecule has 0 radical (unpaired) electrons. The van der Waals surface area contributed by atoms with Crippen molar-refractivity contribution in [2.24, 2.45) is 0 Å². The zero-order valence-electron chi connectivity index (χ0n) is 12.6. The van der Waals surface area contributed by atoms with Crippen LogP contribution in [0.5, 0.6) is 11.5 Å². The van der Waals surface area contributed by atoms with Gasteiger partial charge in [-0.1, -0.05) is 12.1 Å². The first kappa shape index (κ1) is 16.7. The topological polar surface area (TPSA) is 83.1 Å². The molecule has 0 amide bonds. The molecular weight excluding hydrogens is 311 g/mol. The second kappa shape index (κ2) is 7.57. The molecular formula is C18H11FN2O3. The molecule has 2 aromatic rings. The second-order valence-corrected chi connectivity index (χ2v) is 4.59. The van der Waals surface area contributed by atoms with Gasteiger partial charge in [0.05, 0.1) is 12.7 Å². The normalized spacial score (nSPS) is 9.33. The highest BCUT2D eigenvalue weighted by Crippen LogP contribution is 2.29. The van der Waals surface area contributed by atoms with Crippen LogP contribution in [0.15, 0.2) is 48.0 Å². The summed E-state index contributed by atoms with van der Waals surface area (Å²) >= 11 is 0. The van der Waals surface area contributed by atoms with E-state index in [9.17, 15) is 9.18 Å². The van der Waals surface area contributed by atoms with E-state index in [1.807, 2.05) is 0 Å². The summed E-state index contributed by atoms with van der Waals surface area (Å²) in [7, 11) is 1.39. The van der Waals surface area contributed by atoms with Crippen molar-refractivity contribution in [3.8, 4) is 23.6 Å². The minimum Gasteiger partial charge on any atom is -0.493 e. The maximum atomic E-state index is 13.2. The third-order valence-corrected chi connectivity index (χ3v) is 3.00. The number of nitrogens with zero attached hydrogens (tertiary/aromatic N) is 2. The molecule has 2 aromatic carbocycles. The number of carbonyl (C=O) groups is 1. The SMILES string of the molecule is COc1cc(C=C(C#N)C#N)ccc1OC(=O)c1cccc(F)c1. The summed E-state index contributed by atoms with van der Waals surface area (Å²) in [5.41, 5.74) is 0.536. The van der Waals surface area contributed by atoms with Gasteiger partial charge in [-0.2, -0.15) is 10.5 Å². The van der Waals surface area contributed by atoms with Crippen LogP contribution in [0.25, 0.3) is 6.08 Å². The molecule has 0 spiro atoms. The van der Waals surface area contributed by atoms with Gasteiger partial charge in [0.2, 0.25) is 0 Å². The number of carbonyl (C=O) groups excluding carboxylic acids is 1. The fraction of sp³-hybridized carbons (Fsp3) is 0.0556. The summed E-state index contributed by atoms with van der Waals surface area (Å²) in [5.74, 6) is -0.897. The van der Waals surface area contributed by atoms with Crippen molar-refractivity contribution in [3.05, 3.63) is 65.0 Å². The Balaban J connectivity index is 2.29. The highest BCUT2D eigenvalue weighted by Gasteiger charge is 2.13. The lowest BCUT2D eigenvalue weighted by Gasteiger charge is -2.10. The lowest BCUT2D eigenvalue weighted by molar-refractivity contribution is 0.0729. The minimum atomic E-state index is -0.731. The van der Waals surface area contributed by atoms with Crippen molar-refractivity contribution in [1.82, 2.24) is 0 Å². The van der Waals surface area contributed by atoms with Crippen LogP contribution in [-0.4, -0.2) is 13.1 Å². The summed E-state index contributed by atoms with van der Waals surface area (Å²) in [5, 5.41) is 17.5. The number of hydrogen-bond acceptors (Lipinski definition) is 5. The van der Waals surface area contributed by atoms with E-state index in [1.165, 1.54) is 43.5 Å². The quantitative estimate of drug-likeness (QED) is 0.489. The number of hydrogen-bond donors (Lipinski definition) is 0. The second-order valence-electron chi connectivity index (χ2n) is 4.59. The van der Waals surface area contributed by atoms with Gasteiger partial charge in [0.15, 0.2) is 11.5 Å². The molecule has 0 saturated carbocycles. The fourth-order valence-electron chi connectivity index (χ4n) is 1.89. The number of halogens is 1. The van der Waals surface area contributed by atoms with E-state index < -0.39 is 11.8 Å². The third kappa shape index (κ3) is 3.96. The Labute approximate surface area is 137 Å². The lowest BCUT2D eigenvalue weighted by atomic mass is 10.1. The molecule has 118 valence electrons. The number of ether oxygens (including phenoxy) is 2. The third-order valence-electron chi connectivity index (χ3n) is 3.00. The van der Waals surface area contributed by atoms with Gasteiger partial charge in [-0.05, 0) is 42.0 Å². The predicted octanol–water partition coefficient (Wildman–Crippen LogP) is 3.48. The van der Waals surface area contributed by atoms with Gasteiger partial charge in [-0.3, -0.25) is 0 Å². The Morgan fingerprint density at radius 2 is 1.88 bits per heavy atom. The average molecular weight is 322 g/mol. The Morgan fingerprint density at radius 3 is 2.50 bits per heavy atom. The van der Waals surface area contributed by atoms with Crippen LogP contribution in [0.3, 0.4) is 0 Å². The fourth-order valence-corrected chi connectivity index (χ4v) is 1.89. The minimum absolute atomic E-state index is 0.0669. The standard InChI is InChI=1S/C18H11FN2O3/c1-23-17-8-12(7-13(10-20)11-21)5-6-16(17)24-18(22)14-3-2-4-15(19)9-14/h2-9H,1H3. The van der Waals surface area contributed by atoms with Crippen LogP contribution in [0.2, 0.25) is 0 Å². The van der Waals surface area contributed by atoms with Crippen molar-refractivity contribution in [2.75, 3.05) is 7.11 Å². The Morgan fingerprint density at radius 1 is 1.12 bits per heavy atom. The van der Waals surface area contributed by atoms with Gasteiger partial charge in [0, 0.05) is 0 Å². The Hall–Kier alpha value is -3.64. The van der Waals surface area contributed by atoms with Crippen molar-refractivity contribution >= 4 is 12.0 Å². The summed E-state index contributed by atoms with van der Waals surface area (Å²) in [4.78, 5) is 12.0. The molecule has 0 atom stereocenters. The highest BCUT2D eigenvalue weighted by atomic mass is 19.1. The predicted molar refractivity (Wildman–Crippen MR) is 83.6 cm³/mol. The number of methoxy groups -OCH3 is 1. The van der Waals surface area contributed by atoms with Gasteiger partial charge < -0.3 is 9.47 Å². The van der Waals surface area contributed by atoms with E-state index >= 15 is 0 Å². The molecule has 6 heteroatoms. The number of esters is 1. The van der Waals surface area contributed by atoms with Gasteiger partial charge in [-0.15, -0.1) is 0 Å². The molecule has 0 aliphatic heterocycles. The number of rotatable bonds is 4.